The summed E-state index contributed by atoms with van der Waals surface area (Å²) in [5.41, 5.74) is 2.57. The first kappa shape index (κ1) is 21.2. The van der Waals surface area contributed by atoms with Gasteiger partial charge in [0.2, 0.25) is 0 Å². The smallest absolute Gasteiger partial charge is 0.324 e. The average molecular weight is 467 g/mol. The molecule has 0 aliphatic rings. The molecule has 0 fully saturated rings. The number of benzene rings is 2. The molecule has 3 aromatic rings. The molecule has 2 amide bonds. The van der Waals surface area contributed by atoms with Crippen LogP contribution in [0.5, 0.6) is 0 Å². The number of nitriles is 1. The molecule has 0 bridgehead atoms. The molecule has 2 aromatic carbocycles. The Hall–Kier alpha value is -3.48. The van der Waals surface area contributed by atoms with E-state index in [0.717, 1.165) is 15.7 Å². The number of hydrogen-bond donors (Lipinski definition) is 3. The van der Waals surface area contributed by atoms with Gasteiger partial charge in [0.1, 0.15) is 6.07 Å². The second kappa shape index (κ2) is 10.3. The van der Waals surface area contributed by atoms with Crippen molar-refractivity contribution in [2.45, 2.75) is 6.54 Å². The van der Waals surface area contributed by atoms with Crippen LogP contribution in [0.1, 0.15) is 11.3 Å². The fourth-order valence-electron chi connectivity index (χ4n) is 2.81. The van der Waals surface area contributed by atoms with Crippen LogP contribution in [0.2, 0.25) is 0 Å². The molecule has 0 spiro atoms. The maximum atomic E-state index is 12.5. The summed E-state index contributed by atoms with van der Waals surface area (Å²) in [7, 11) is 0. The van der Waals surface area contributed by atoms with Crippen LogP contribution >= 0.6 is 15.9 Å². The van der Waals surface area contributed by atoms with Crippen LogP contribution in [0, 0.1) is 11.3 Å². The van der Waals surface area contributed by atoms with Crippen molar-refractivity contribution in [3.05, 3.63) is 76.7 Å². The highest BCUT2D eigenvalue weighted by molar-refractivity contribution is 9.10. The normalized spacial score (nSPS) is 10.2. The number of urea groups is 1. The largest absolute Gasteiger partial charge is 0.395 e. The van der Waals surface area contributed by atoms with Gasteiger partial charge in [0.15, 0.2) is 11.5 Å². The van der Waals surface area contributed by atoms with Gasteiger partial charge in [-0.05, 0) is 23.8 Å². The molecule has 3 N–H and O–H groups in total. The Morgan fingerprint density at radius 1 is 1.13 bits per heavy atom. The van der Waals surface area contributed by atoms with Crippen LogP contribution in [0.25, 0.3) is 0 Å². The number of halogens is 1. The summed E-state index contributed by atoms with van der Waals surface area (Å²) in [6.45, 7) is 0.934. The first-order valence-electron chi connectivity index (χ1n) is 9.08. The summed E-state index contributed by atoms with van der Waals surface area (Å²) in [6.07, 6.45) is 2.59. The van der Waals surface area contributed by atoms with E-state index in [0.29, 0.717) is 18.8 Å². The number of carbonyl (C=O) groups excluding carboxylic acids is 1. The van der Waals surface area contributed by atoms with Crippen LogP contribution in [-0.2, 0) is 6.54 Å². The van der Waals surface area contributed by atoms with Gasteiger partial charge >= 0.3 is 6.03 Å². The molecule has 0 saturated carbocycles. The molecule has 1 aromatic heterocycles. The zero-order valence-electron chi connectivity index (χ0n) is 15.9. The Morgan fingerprint density at radius 2 is 1.93 bits per heavy atom. The Kier molecular flexibility index (Phi) is 7.32. The molecule has 0 aliphatic carbocycles. The zero-order valence-corrected chi connectivity index (χ0v) is 17.5. The van der Waals surface area contributed by atoms with E-state index in [-0.39, 0.29) is 18.1 Å². The van der Waals surface area contributed by atoms with Crippen molar-refractivity contribution in [2.75, 3.05) is 28.7 Å². The van der Waals surface area contributed by atoms with Crippen molar-refractivity contribution >= 4 is 39.2 Å². The average Bonchev–Trinajstić information content (AvgIpc) is 2.75. The highest BCUT2D eigenvalue weighted by Gasteiger charge is 2.15. The first-order chi connectivity index (χ1) is 14.6. The monoisotopic (exact) mass is 466 g/mol. The summed E-state index contributed by atoms with van der Waals surface area (Å²) in [5.74, 6) is 0.222. The van der Waals surface area contributed by atoms with E-state index < -0.39 is 6.03 Å². The van der Waals surface area contributed by atoms with Gasteiger partial charge in [-0.2, -0.15) is 5.26 Å². The Bertz CT molecular complexity index is 1040. The lowest BCUT2D eigenvalue weighted by Crippen LogP contribution is -2.28. The van der Waals surface area contributed by atoms with Crippen LogP contribution in [0.15, 0.2) is 65.4 Å². The van der Waals surface area contributed by atoms with E-state index in [1.165, 1.54) is 12.4 Å². The Morgan fingerprint density at radius 3 is 2.60 bits per heavy atom. The first-order valence-corrected chi connectivity index (χ1v) is 9.88. The van der Waals surface area contributed by atoms with Gasteiger partial charge in [0.05, 0.1) is 30.4 Å². The number of anilines is 3. The highest BCUT2D eigenvalue weighted by Crippen LogP contribution is 2.30. The molecular weight excluding hydrogens is 448 g/mol. The molecule has 0 unspecified atom stereocenters. The number of rotatable bonds is 7. The van der Waals surface area contributed by atoms with Gasteiger partial charge in [-0.15, -0.1) is 0 Å². The van der Waals surface area contributed by atoms with Gasteiger partial charge in [0, 0.05) is 17.6 Å². The number of aliphatic hydroxyl groups is 1. The van der Waals surface area contributed by atoms with E-state index >= 15 is 0 Å². The van der Waals surface area contributed by atoms with Crippen molar-refractivity contribution < 1.29 is 9.90 Å². The van der Waals surface area contributed by atoms with Gasteiger partial charge in [-0.3, -0.25) is 5.32 Å². The molecule has 9 heteroatoms. The van der Waals surface area contributed by atoms with Gasteiger partial charge < -0.3 is 15.3 Å². The van der Waals surface area contributed by atoms with E-state index in [2.05, 4.69) is 36.5 Å². The van der Waals surface area contributed by atoms with E-state index in [1.807, 2.05) is 53.4 Å². The van der Waals surface area contributed by atoms with Gasteiger partial charge in [0.25, 0.3) is 0 Å². The molecule has 0 radical (unpaired) electrons. The molecule has 30 heavy (non-hydrogen) atoms. The highest BCUT2D eigenvalue weighted by atomic mass is 79.9. The molecule has 0 saturated heterocycles. The fourth-order valence-corrected chi connectivity index (χ4v) is 3.17. The number of amides is 2. The van der Waals surface area contributed by atoms with E-state index in [1.54, 1.807) is 6.07 Å². The zero-order chi connectivity index (χ0) is 21.3. The van der Waals surface area contributed by atoms with Gasteiger partial charge in [-0.1, -0.05) is 46.3 Å². The molecule has 3 rings (SSSR count). The van der Waals surface area contributed by atoms with Crippen molar-refractivity contribution in [1.29, 1.82) is 5.26 Å². The predicted molar refractivity (Wildman–Crippen MR) is 118 cm³/mol. The van der Waals surface area contributed by atoms with Crippen LogP contribution in [0.4, 0.5) is 22.0 Å². The summed E-state index contributed by atoms with van der Waals surface area (Å²) >= 11 is 3.43. The predicted octanol–water partition coefficient (Wildman–Crippen LogP) is 3.75. The Balaban J connectivity index is 1.80. The minimum atomic E-state index is -0.503. The second-order valence-electron chi connectivity index (χ2n) is 6.27. The lowest BCUT2D eigenvalue weighted by Gasteiger charge is -2.27. The van der Waals surface area contributed by atoms with Crippen molar-refractivity contribution in [1.82, 2.24) is 9.97 Å². The van der Waals surface area contributed by atoms with Crippen molar-refractivity contribution in [2.24, 2.45) is 0 Å². The molecular formula is C21H19BrN6O2. The lowest BCUT2D eigenvalue weighted by atomic mass is 10.1. The fraction of sp³-hybridized carbons (Fsp3) is 0.143. The van der Waals surface area contributed by atoms with Crippen LogP contribution in [-0.4, -0.2) is 34.3 Å². The second-order valence-corrected chi connectivity index (χ2v) is 7.19. The molecule has 152 valence electrons. The van der Waals surface area contributed by atoms with E-state index in [9.17, 15) is 9.90 Å². The maximum absolute atomic E-state index is 12.5. The van der Waals surface area contributed by atoms with E-state index in [4.69, 9.17) is 5.26 Å². The standard InChI is InChI=1S/C21H19BrN6O2/c22-16-6-7-19(28(8-9-29)14-15-4-2-1-3-5-15)18(10-16)26-21(30)27-20-13-24-17(11-23)12-25-20/h1-7,10,12-13,29H,8-9,14H2,(H2,25,26,27,30). The number of aliphatic hydroxyl groups excluding tert-OH is 1. The lowest BCUT2D eigenvalue weighted by molar-refractivity contribution is 0.262. The summed E-state index contributed by atoms with van der Waals surface area (Å²) in [4.78, 5) is 22.3. The van der Waals surface area contributed by atoms with Gasteiger partial charge in [-0.25, -0.2) is 14.8 Å². The summed E-state index contributed by atoms with van der Waals surface area (Å²) in [5, 5.41) is 23.7. The van der Waals surface area contributed by atoms with Crippen LogP contribution < -0.4 is 15.5 Å². The van der Waals surface area contributed by atoms with Crippen molar-refractivity contribution in [3.63, 3.8) is 0 Å². The third-order valence-corrected chi connectivity index (χ3v) is 4.63. The number of nitrogens with one attached hydrogen (secondary N) is 2. The Labute approximate surface area is 182 Å². The number of aromatic nitrogens is 2. The summed E-state index contributed by atoms with van der Waals surface area (Å²) < 4.78 is 0.795. The quantitative estimate of drug-likeness (QED) is 0.488. The van der Waals surface area contributed by atoms with Crippen LogP contribution in [0.3, 0.4) is 0 Å². The number of hydrogen-bond acceptors (Lipinski definition) is 6. The number of nitrogens with zero attached hydrogens (tertiary/aromatic N) is 4. The topological polar surface area (TPSA) is 114 Å². The number of carbonyl (C=O) groups is 1. The molecule has 0 atom stereocenters. The van der Waals surface area contributed by atoms with Crippen molar-refractivity contribution in [3.8, 4) is 6.07 Å². The minimum Gasteiger partial charge on any atom is -0.395 e. The SMILES string of the molecule is N#Cc1cnc(NC(=O)Nc2cc(Br)ccc2N(CCO)Cc2ccccc2)cn1. The molecule has 0 aliphatic heterocycles. The third kappa shape index (κ3) is 5.76. The molecule has 8 nitrogen and oxygen atoms in total. The summed E-state index contributed by atoms with van der Waals surface area (Å²) in [6, 6.07) is 16.8. The maximum Gasteiger partial charge on any atom is 0.324 e. The minimum absolute atomic E-state index is 0.0324. The molecule has 1 heterocycles. The third-order valence-electron chi connectivity index (χ3n) is 4.14.